The lowest BCUT2D eigenvalue weighted by Gasteiger charge is -2.13. The zero-order valence-electron chi connectivity index (χ0n) is 13.3. The van der Waals surface area contributed by atoms with E-state index >= 15 is 0 Å². The maximum absolute atomic E-state index is 13.0. The van der Waals surface area contributed by atoms with Crippen LogP contribution in [0.2, 0.25) is 0 Å². The molecule has 2 aromatic rings. The van der Waals surface area contributed by atoms with E-state index in [1.165, 1.54) is 18.2 Å². The molecule has 0 radical (unpaired) electrons. The van der Waals surface area contributed by atoms with Gasteiger partial charge in [0, 0.05) is 12.1 Å². The topological polar surface area (TPSA) is 56.8 Å². The van der Waals surface area contributed by atoms with E-state index in [1.54, 1.807) is 20.3 Å². The number of amides is 1. The van der Waals surface area contributed by atoms with Gasteiger partial charge in [-0.2, -0.15) is 0 Å². The van der Waals surface area contributed by atoms with E-state index in [0.717, 1.165) is 5.56 Å². The number of para-hydroxylation sites is 1. The van der Waals surface area contributed by atoms with E-state index in [2.05, 4.69) is 21.2 Å². The first-order chi connectivity index (χ1) is 11.5. The van der Waals surface area contributed by atoms with E-state index in [9.17, 15) is 9.18 Å². The number of carbonyl (C=O) groups is 1. The van der Waals surface area contributed by atoms with Gasteiger partial charge in [-0.3, -0.25) is 4.79 Å². The summed E-state index contributed by atoms with van der Waals surface area (Å²) in [4.78, 5) is 11.9. The van der Waals surface area contributed by atoms with Crippen LogP contribution < -0.4 is 19.5 Å². The van der Waals surface area contributed by atoms with Gasteiger partial charge in [0.1, 0.15) is 11.6 Å². The third-order valence-corrected chi connectivity index (χ3v) is 3.83. The van der Waals surface area contributed by atoms with Crippen molar-refractivity contribution in [3.05, 3.63) is 52.3 Å². The van der Waals surface area contributed by atoms with Crippen molar-refractivity contribution in [1.82, 2.24) is 5.32 Å². The Morgan fingerprint density at radius 3 is 2.62 bits per heavy atom. The Morgan fingerprint density at radius 1 is 1.17 bits per heavy atom. The fraction of sp³-hybridized carbons (Fsp3) is 0.235. The van der Waals surface area contributed by atoms with Gasteiger partial charge in [0.15, 0.2) is 18.1 Å². The highest BCUT2D eigenvalue weighted by molar-refractivity contribution is 9.10. The third-order valence-electron chi connectivity index (χ3n) is 3.21. The smallest absolute Gasteiger partial charge is 0.258 e. The second-order valence-electron chi connectivity index (χ2n) is 4.79. The number of nitrogens with one attached hydrogen (secondary N) is 1. The van der Waals surface area contributed by atoms with Gasteiger partial charge in [0.05, 0.1) is 18.7 Å². The molecule has 24 heavy (non-hydrogen) atoms. The van der Waals surface area contributed by atoms with Gasteiger partial charge in [-0.05, 0) is 40.2 Å². The number of halogens is 2. The molecule has 1 N–H and O–H groups in total. The molecule has 0 saturated carbocycles. The first-order valence-electron chi connectivity index (χ1n) is 7.09. The number of hydrogen-bond donors (Lipinski definition) is 1. The van der Waals surface area contributed by atoms with Crippen LogP contribution in [-0.2, 0) is 11.3 Å². The molecule has 0 fully saturated rings. The van der Waals surface area contributed by atoms with Crippen molar-refractivity contribution in [2.45, 2.75) is 6.54 Å². The summed E-state index contributed by atoms with van der Waals surface area (Å²) in [5.74, 6) is 0.864. The van der Waals surface area contributed by atoms with Gasteiger partial charge < -0.3 is 19.5 Å². The summed E-state index contributed by atoms with van der Waals surface area (Å²) in [6.45, 7) is 0.0870. The molecule has 1 amide bonds. The number of benzene rings is 2. The number of hydrogen-bond acceptors (Lipinski definition) is 4. The number of methoxy groups -OCH3 is 2. The highest BCUT2D eigenvalue weighted by Crippen LogP contribution is 2.30. The quantitative estimate of drug-likeness (QED) is 0.778. The Morgan fingerprint density at radius 2 is 1.96 bits per heavy atom. The predicted molar refractivity (Wildman–Crippen MR) is 91.0 cm³/mol. The van der Waals surface area contributed by atoms with Crippen molar-refractivity contribution in [2.24, 2.45) is 0 Å². The van der Waals surface area contributed by atoms with Gasteiger partial charge >= 0.3 is 0 Å². The maximum atomic E-state index is 13.0. The molecule has 7 heteroatoms. The molecule has 2 aromatic carbocycles. The predicted octanol–water partition coefficient (Wildman–Crippen LogP) is 3.30. The minimum Gasteiger partial charge on any atom is -0.493 e. The van der Waals surface area contributed by atoms with Gasteiger partial charge in [-0.1, -0.05) is 12.1 Å². The van der Waals surface area contributed by atoms with Crippen molar-refractivity contribution in [1.29, 1.82) is 0 Å². The van der Waals surface area contributed by atoms with Gasteiger partial charge in [-0.15, -0.1) is 0 Å². The van der Waals surface area contributed by atoms with Gasteiger partial charge in [-0.25, -0.2) is 4.39 Å². The van der Waals surface area contributed by atoms with Crippen LogP contribution >= 0.6 is 15.9 Å². The zero-order valence-corrected chi connectivity index (χ0v) is 14.9. The molecule has 0 aliphatic heterocycles. The summed E-state index contributed by atoms with van der Waals surface area (Å²) < 4.78 is 29.3. The molecule has 5 nitrogen and oxygen atoms in total. The fourth-order valence-corrected chi connectivity index (χ4v) is 2.54. The Bertz CT molecular complexity index is 724. The Hall–Kier alpha value is -2.28. The van der Waals surface area contributed by atoms with Crippen molar-refractivity contribution in [3.63, 3.8) is 0 Å². The van der Waals surface area contributed by atoms with E-state index in [-0.39, 0.29) is 24.9 Å². The summed E-state index contributed by atoms with van der Waals surface area (Å²) in [5.41, 5.74) is 0.785. The fourth-order valence-electron chi connectivity index (χ4n) is 2.07. The second-order valence-corrected chi connectivity index (χ2v) is 5.65. The largest absolute Gasteiger partial charge is 0.493 e. The summed E-state index contributed by atoms with van der Waals surface area (Å²) in [6.07, 6.45) is 0. The zero-order chi connectivity index (χ0) is 17.5. The van der Waals surface area contributed by atoms with E-state index in [4.69, 9.17) is 14.2 Å². The standard InChI is InChI=1S/C17H17BrFNO4/c1-22-15-5-3-4-11(17(15)23-2)9-20-16(21)10-24-14-7-6-12(19)8-13(14)18/h3-8H,9-10H2,1-2H3,(H,20,21). The van der Waals surface area contributed by atoms with Crippen LogP contribution in [0.3, 0.4) is 0 Å². The molecule has 128 valence electrons. The SMILES string of the molecule is COc1cccc(CNC(=O)COc2ccc(F)cc2Br)c1OC. The molecule has 0 saturated heterocycles. The van der Waals surface area contributed by atoms with Crippen LogP contribution in [0.1, 0.15) is 5.56 Å². The van der Waals surface area contributed by atoms with Crippen molar-refractivity contribution < 1.29 is 23.4 Å². The van der Waals surface area contributed by atoms with Crippen LogP contribution in [0.4, 0.5) is 4.39 Å². The summed E-state index contributed by atoms with van der Waals surface area (Å²) in [5, 5.41) is 2.74. The Kier molecular flexibility index (Phi) is 6.43. The van der Waals surface area contributed by atoms with Crippen LogP contribution in [0.5, 0.6) is 17.2 Å². The molecule has 0 heterocycles. The van der Waals surface area contributed by atoms with Crippen LogP contribution in [0.15, 0.2) is 40.9 Å². The molecule has 0 bridgehead atoms. The van der Waals surface area contributed by atoms with Crippen molar-refractivity contribution in [3.8, 4) is 17.2 Å². The second kappa shape index (κ2) is 8.54. The molecular formula is C17H17BrFNO4. The summed E-state index contributed by atoms with van der Waals surface area (Å²) in [6, 6.07) is 9.42. The molecule has 0 aliphatic rings. The lowest BCUT2D eigenvalue weighted by molar-refractivity contribution is -0.123. The monoisotopic (exact) mass is 397 g/mol. The maximum Gasteiger partial charge on any atom is 0.258 e. The molecule has 2 rings (SSSR count). The number of rotatable bonds is 7. The number of carbonyl (C=O) groups excluding carboxylic acids is 1. The Balaban J connectivity index is 1.92. The number of ether oxygens (including phenoxy) is 3. The van der Waals surface area contributed by atoms with Crippen LogP contribution in [0, 0.1) is 5.82 Å². The van der Waals surface area contributed by atoms with E-state index < -0.39 is 0 Å². The lowest BCUT2D eigenvalue weighted by atomic mass is 10.2. The van der Waals surface area contributed by atoms with Crippen molar-refractivity contribution in [2.75, 3.05) is 20.8 Å². The average Bonchev–Trinajstić information content (AvgIpc) is 2.58. The molecule has 0 aromatic heterocycles. The normalized spacial score (nSPS) is 10.2. The molecule has 0 spiro atoms. The highest BCUT2D eigenvalue weighted by Gasteiger charge is 2.11. The summed E-state index contributed by atoms with van der Waals surface area (Å²) >= 11 is 3.18. The Labute approximate surface area is 147 Å². The lowest BCUT2D eigenvalue weighted by Crippen LogP contribution is -2.28. The van der Waals surface area contributed by atoms with Gasteiger partial charge in [0.2, 0.25) is 0 Å². The minimum atomic E-state index is -0.385. The van der Waals surface area contributed by atoms with Crippen molar-refractivity contribution >= 4 is 21.8 Å². The first-order valence-corrected chi connectivity index (χ1v) is 7.89. The molecule has 0 unspecified atom stereocenters. The highest BCUT2D eigenvalue weighted by atomic mass is 79.9. The first kappa shape index (κ1) is 18.1. The average molecular weight is 398 g/mol. The third kappa shape index (κ3) is 4.61. The molecule has 0 atom stereocenters. The van der Waals surface area contributed by atoms with E-state index in [0.29, 0.717) is 21.7 Å². The van der Waals surface area contributed by atoms with Crippen LogP contribution in [0.25, 0.3) is 0 Å². The minimum absolute atomic E-state index is 0.184. The summed E-state index contributed by atoms with van der Waals surface area (Å²) in [7, 11) is 3.09. The molecular weight excluding hydrogens is 381 g/mol. The van der Waals surface area contributed by atoms with Gasteiger partial charge in [0.25, 0.3) is 5.91 Å². The van der Waals surface area contributed by atoms with Crippen LogP contribution in [-0.4, -0.2) is 26.7 Å². The molecule has 0 aliphatic carbocycles. The van der Waals surface area contributed by atoms with E-state index in [1.807, 2.05) is 12.1 Å².